The smallest absolute Gasteiger partial charge is 0.287 e. The maximum absolute atomic E-state index is 13.1. The fraction of sp³-hybridized carbons (Fsp3) is 0.207. The molecule has 186 valence electrons. The first-order valence-electron chi connectivity index (χ1n) is 11.6. The van der Waals surface area contributed by atoms with E-state index in [0.29, 0.717) is 25.4 Å². The number of rotatable bonds is 11. The summed E-state index contributed by atoms with van der Waals surface area (Å²) in [4.78, 5) is 14.8. The van der Waals surface area contributed by atoms with E-state index >= 15 is 0 Å². The Bertz CT molecular complexity index is 1270. The van der Waals surface area contributed by atoms with Gasteiger partial charge in [0.05, 0.1) is 20.8 Å². The Labute approximate surface area is 210 Å². The van der Waals surface area contributed by atoms with E-state index in [1.54, 1.807) is 32.4 Å². The van der Waals surface area contributed by atoms with Crippen LogP contribution in [0.25, 0.3) is 0 Å². The molecule has 0 aliphatic heterocycles. The standard InChI is InChI=1S/C29H29FN2O4/c1-34-25-12-14-27(35-2)23(16-25)19-32(18-22-6-4-3-5-7-22)20-26-13-15-28(36-26)29(33)31-17-21-8-10-24(30)11-9-21/h3-16H,17-20H2,1-2H3,(H,31,33). The Kier molecular flexibility index (Phi) is 8.36. The van der Waals surface area contributed by atoms with E-state index in [9.17, 15) is 9.18 Å². The summed E-state index contributed by atoms with van der Waals surface area (Å²) < 4.78 is 30.0. The molecule has 0 unspecified atom stereocenters. The molecule has 0 spiro atoms. The van der Waals surface area contributed by atoms with Crippen molar-refractivity contribution < 1.29 is 23.1 Å². The van der Waals surface area contributed by atoms with Crippen molar-refractivity contribution in [2.24, 2.45) is 0 Å². The number of halogens is 1. The molecule has 4 rings (SSSR count). The SMILES string of the molecule is COc1ccc(OC)c(CN(Cc2ccccc2)Cc2ccc(C(=O)NCc3ccc(F)cc3)o2)c1. The Morgan fingerprint density at radius 1 is 0.861 bits per heavy atom. The number of furan rings is 1. The average molecular weight is 489 g/mol. The molecule has 36 heavy (non-hydrogen) atoms. The van der Waals surface area contributed by atoms with Crippen LogP contribution in [0.2, 0.25) is 0 Å². The number of ether oxygens (including phenoxy) is 2. The highest BCUT2D eigenvalue weighted by molar-refractivity contribution is 5.91. The van der Waals surface area contributed by atoms with Gasteiger partial charge in [-0.1, -0.05) is 42.5 Å². The lowest BCUT2D eigenvalue weighted by Gasteiger charge is -2.23. The van der Waals surface area contributed by atoms with Crippen LogP contribution < -0.4 is 14.8 Å². The lowest BCUT2D eigenvalue weighted by atomic mass is 10.1. The second-order valence-electron chi connectivity index (χ2n) is 8.38. The van der Waals surface area contributed by atoms with E-state index in [-0.39, 0.29) is 24.0 Å². The molecule has 1 amide bonds. The molecule has 0 fully saturated rings. The summed E-state index contributed by atoms with van der Waals surface area (Å²) in [7, 11) is 3.29. The van der Waals surface area contributed by atoms with Crippen molar-refractivity contribution in [3.8, 4) is 11.5 Å². The number of amides is 1. The van der Waals surface area contributed by atoms with Gasteiger partial charge in [-0.15, -0.1) is 0 Å². The Balaban J connectivity index is 1.47. The van der Waals surface area contributed by atoms with Gasteiger partial charge in [0.25, 0.3) is 5.91 Å². The van der Waals surface area contributed by atoms with Gasteiger partial charge in [-0.05, 0) is 53.6 Å². The summed E-state index contributed by atoms with van der Waals surface area (Å²) in [5.74, 6) is 1.78. The molecule has 1 aromatic heterocycles. The summed E-state index contributed by atoms with van der Waals surface area (Å²) in [5, 5.41) is 2.81. The van der Waals surface area contributed by atoms with Crippen molar-refractivity contribution in [2.45, 2.75) is 26.2 Å². The Hall–Kier alpha value is -4.10. The van der Waals surface area contributed by atoms with Crippen molar-refractivity contribution in [3.05, 3.63) is 119 Å². The van der Waals surface area contributed by atoms with Crippen molar-refractivity contribution in [1.29, 1.82) is 0 Å². The van der Waals surface area contributed by atoms with Crippen molar-refractivity contribution >= 4 is 5.91 Å². The lowest BCUT2D eigenvalue weighted by Crippen LogP contribution is -2.23. The molecular formula is C29H29FN2O4. The average Bonchev–Trinajstić information content (AvgIpc) is 3.37. The zero-order chi connectivity index (χ0) is 25.3. The van der Waals surface area contributed by atoms with E-state index in [4.69, 9.17) is 13.9 Å². The molecule has 4 aromatic rings. The molecule has 0 aliphatic carbocycles. The number of benzene rings is 3. The van der Waals surface area contributed by atoms with Crippen LogP contribution in [0.4, 0.5) is 4.39 Å². The molecule has 0 bridgehead atoms. The third-order valence-corrected chi connectivity index (χ3v) is 5.76. The number of carbonyl (C=O) groups excluding carboxylic acids is 1. The molecule has 3 aromatic carbocycles. The molecule has 6 nitrogen and oxygen atoms in total. The van der Waals surface area contributed by atoms with E-state index < -0.39 is 0 Å². The number of nitrogens with one attached hydrogen (secondary N) is 1. The topological polar surface area (TPSA) is 63.9 Å². The molecule has 0 aliphatic rings. The van der Waals surface area contributed by atoms with E-state index in [1.165, 1.54) is 12.1 Å². The zero-order valence-corrected chi connectivity index (χ0v) is 20.4. The van der Waals surface area contributed by atoms with Crippen molar-refractivity contribution in [3.63, 3.8) is 0 Å². The Morgan fingerprint density at radius 3 is 2.36 bits per heavy atom. The predicted molar refractivity (Wildman–Crippen MR) is 135 cm³/mol. The first-order chi connectivity index (χ1) is 17.5. The fourth-order valence-electron chi connectivity index (χ4n) is 3.93. The third kappa shape index (κ3) is 6.73. The molecule has 1 N–H and O–H groups in total. The molecular weight excluding hydrogens is 459 g/mol. The molecule has 1 heterocycles. The van der Waals surface area contributed by atoms with Crippen LogP contribution in [0.3, 0.4) is 0 Å². The summed E-state index contributed by atoms with van der Waals surface area (Å²) in [6.07, 6.45) is 0. The molecule has 0 saturated heterocycles. The highest BCUT2D eigenvalue weighted by Gasteiger charge is 2.16. The van der Waals surface area contributed by atoms with E-state index in [2.05, 4.69) is 22.3 Å². The highest BCUT2D eigenvalue weighted by Crippen LogP contribution is 2.27. The van der Waals surface area contributed by atoms with Gasteiger partial charge in [-0.3, -0.25) is 9.69 Å². The fourth-order valence-corrected chi connectivity index (χ4v) is 3.93. The monoisotopic (exact) mass is 488 g/mol. The minimum absolute atomic E-state index is 0.228. The highest BCUT2D eigenvalue weighted by atomic mass is 19.1. The van der Waals surface area contributed by atoms with Crippen LogP contribution in [-0.4, -0.2) is 25.0 Å². The first kappa shape index (κ1) is 25.0. The maximum atomic E-state index is 13.1. The van der Waals surface area contributed by atoms with Gasteiger partial charge < -0.3 is 19.2 Å². The second-order valence-corrected chi connectivity index (χ2v) is 8.38. The third-order valence-electron chi connectivity index (χ3n) is 5.76. The van der Waals surface area contributed by atoms with Gasteiger partial charge in [0.1, 0.15) is 23.1 Å². The van der Waals surface area contributed by atoms with Gasteiger partial charge in [-0.2, -0.15) is 0 Å². The number of carbonyl (C=O) groups is 1. The van der Waals surface area contributed by atoms with Crippen LogP contribution in [-0.2, 0) is 26.2 Å². The van der Waals surface area contributed by atoms with Crippen LogP contribution in [0.15, 0.2) is 89.3 Å². The minimum atomic E-state index is -0.324. The van der Waals surface area contributed by atoms with Gasteiger partial charge in [0.2, 0.25) is 0 Å². The first-order valence-corrected chi connectivity index (χ1v) is 11.6. The maximum Gasteiger partial charge on any atom is 0.287 e. The van der Waals surface area contributed by atoms with Gasteiger partial charge in [-0.25, -0.2) is 4.39 Å². The number of methoxy groups -OCH3 is 2. The Morgan fingerprint density at radius 2 is 1.64 bits per heavy atom. The zero-order valence-electron chi connectivity index (χ0n) is 20.4. The second kappa shape index (κ2) is 12.0. The molecule has 0 saturated carbocycles. The molecule has 0 radical (unpaired) electrons. The summed E-state index contributed by atoms with van der Waals surface area (Å²) >= 11 is 0. The van der Waals surface area contributed by atoms with Crippen LogP contribution >= 0.6 is 0 Å². The molecule has 7 heteroatoms. The normalized spacial score (nSPS) is 10.9. The number of hydrogen-bond acceptors (Lipinski definition) is 5. The molecule has 0 atom stereocenters. The predicted octanol–water partition coefficient (Wildman–Crippen LogP) is 5.57. The van der Waals surface area contributed by atoms with Crippen molar-refractivity contribution in [1.82, 2.24) is 10.2 Å². The lowest BCUT2D eigenvalue weighted by molar-refractivity contribution is 0.0918. The van der Waals surface area contributed by atoms with Gasteiger partial charge in [0, 0.05) is 25.2 Å². The summed E-state index contributed by atoms with van der Waals surface area (Å²) in [6, 6.07) is 25.4. The summed E-state index contributed by atoms with van der Waals surface area (Å²) in [6.45, 7) is 2.03. The van der Waals surface area contributed by atoms with Gasteiger partial charge in [0.15, 0.2) is 5.76 Å². The largest absolute Gasteiger partial charge is 0.497 e. The summed E-state index contributed by atoms with van der Waals surface area (Å²) in [5.41, 5.74) is 2.94. The van der Waals surface area contributed by atoms with E-state index in [1.807, 2.05) is 42.5 Å². The number of nitrogens with zero attached hydrogens (tertiary/aromatic N) is 1. The van der Waals surface area contributed by atoms with Gasteiger partial charge >= 0.3 is 0 Å². The van der Waals surface area contributed by atoms with Crippen LogP contribution in [0.1, 0.15) is 33.0 Å². The van der Waals surface area contributed by atoms with Crippen LogP contribution in [0.5, 0.6) is 11.5 Å². The minimum Gasteiger partial charge on any atom is -0.497 e. The van der Waals surface area contributed by atoms with Crippen molar-refractivity contribution in [2.75, 3.05) is 14.2 Å². The quantitative estimate of drug-likeness (QED) is 0.299. The van der Waals surface area contributed by atoms with E-state index in [0.717, 1.165) is 28.2 Å². The number of hydrogen-bond donors (Lipinski definition) is 1. The van der Waals surface area contributed by atoms with Crippen LogP contribution in [0, 0.1) is 5.82 Å².